The van der Waals surface area contributed by atoms with Gasteiger partial charge < -0.3 is 0 Å². The summed E-state index contributed by atoms with van der Waals surface area (Å²) in [6.07, 6.45) is 3.71. The monoisotopic (exact) mass is 338 g/mol. The Morgan fingerprint density at radius 2 is 2.26 bits per heavy atom. The molecule has 2 aromatic heterocycles. The third-order valence-corrected chi connectivity index (χ3v) is 4.94. The van der Waals surface area contributed by atoms with Crippen LogP contribution in [-0.4, -0.2) is 62.1 Å². The lowest BCUT2D eigenvalue weighted by Crippen LogP contribution is -2.38. The summed E-state index contributed by atoms with van der Waals surface area (Å²) in [5.74, 6) is 0. The Bertz CT molecular complexity index is 641. The number of likely N-dealkylation sites (N-methyl/N-ethyl adjacent to an activating group) is 1. The molecule has 1 fully saturated rings. The van der Waals surface area contributed by atoms with Crippen LogP contribution in [0.15, 0.2) is 12.4 Å². The molecule has 1 saturated heterocycles. The molecular formula is C15H23FN6S. The first kappa shape index (κ1) is 16.5. The van der Waals surface area contributed by atoms with Crippen LogP contribution in [0.2, 0.25) is 0 Å². The molecule has 6 nitrogen and oxygen atoms in total. The van der Waals surface area contributed by atoms with Crippen LogP contribution < -0.4 is 0 Å². The van der Waals surface area contributed by atoms with Crippen molar-refractivity contribution in [2.75, 3.05) is 20.1 Å². The highest BCUT2D eigenvalue weighted by molar-refractivity contribution is 7.11. The van der Waals surface area contributed by atoms with E-state index in [1.165, 1.54) is 0 Å². The van der Waals surface area contributed by atoms with E-state index < -0.39 is 6.17 Å². The quantitative estimate of drug-likeness (QED) is 0.801. The molecule has 1 aliphatic heterocycles. The number of hydrogen-bond acceptors (Lipinski definition) is 6. The maximum atomic E-state index is 13.9. The Morgan fingerprint density at radius 1 is 1.43 bits per heavy atom. The van der Waals surface area contributed by atoms with Crippen LogP contribution >= 0.6 is 11.3 Å². The molecule has 126 valence electrons. The Morgan fingerprint density at radius 3 is 2.91 bits per heavy atom. The summed E-state index contributed by atoms with van der Waals surface area (Å²) in [4.78, 5) is 4.43. The van der Waals surface area contributed by atoms with E-state index >= 15 is 0 Å². The van der Waals surface area contributed by atoms with Crippen molar-refractivity contribution in [3.63, 3.8) is 0 Å². The zero-order chi connectivity index (χ0) is 16.4. The highest BCUT2D eigenvalue weighted by Gasteiger charge is 2.32. The second-order valence-corrected chi connectivity index (χ2v) is 7.62. The van der Waals surface area contributed by atoms with Crippen LogP contribution in [-0.2, 0) is 20.1 Å². The van der Waals surface area contributed by atoms with Gasteiger partial charge in [-0.3, -0.25) is 14.5 Å². The summed E-state index contributed by atoms with van der Waals surface area (Å²) < 4.78 is 15.7. The van der Waals surface area contributed by atoms with Gasteiger partial charge in [0.1, 0.15) is 16.2 Å². The second-order valence-electron chi connectivity index (χ2n) is 6.35. The summed E-state index contributed by atoms with van der Waals surface area (Å²) in [5, 5.41) is 14.4. The highest BCUT2D eigenvalue weighted by atomic mass is 32.1. The van der Waals surface area contributed by atoms with E-state index in [-0.39, 0.29) is 6.04 Å². The number of halogens is 1. The predicted octanol–water partition coefficient (Wildman–Crippen LogP) is 1.62. The molecule has 0 aromatic carbocycles. The van der Waals surface area contributed by atoms with Gasteiger partial charge >= 0.3 is 0 Å². The van der Waals surface area contributed by atoms with Crippen LogP contribution in [0.4, 0.5) is 4.39 Å². The largest absolute Gasteiger partial charge is 0.298 e. The van der Waals surface area contributed by atoms with E-state index in [0.717, 1.165) is 35.2 Å². The van der Waals surface area contributed by atoms with Crippen molar-refractivity contribution in [3.8, 4) is 0 Å². The van der Waals surface area contributed by atoms with Gasteiger partial charge in [-0.15, -0.1) is 21.5 Å². The number of nitrogens with zero attached hydrogens (tertiary/aromatic N) is 6. The first-order valence-corrected chi connectivity index (χ1v) is 8.64. The zero-order valence-corrected chi connectivity index (χ0v) is 14.6. The van der Waals surface area contributed by atoms with Crippen LogP contribution in [0, 0.1) is 6.92 Å². The Kier molecular flexibility index (Phi) is 5.03. The molecule has 0 unspecified atom stereocenters. The lowest BCUT2D eigenvalue weighted by atomic mass is 10.2. The number of aryl methyl sites for hydroxylation is 2. The van der Waals surface area contributed by atoms with E-state index in [0.29, 0.717) is 13.0 Å². The van der Waals surface area contributed by atoms with Crippen molar-refractivity contribution in [3.05, 3.63) is 28.0 Å². The normalized spacial score (nSPS) is 22.3. The molecule has 0 N–H and O–H groups in total. The highest BCUT2D eigenvalue weighted by Crippen LogP contribution is 2.24. The number of hydrogen-bond donors (Lipinski definition) is 0. The molecule has 0 spiro atoms. The molecule has 3 rings (SSSR count). The molecule has 1 aliphatic rings. The second kappa shape index (κ2) is 7.02. The average Bonchev–Trinajstić information content (AvgIpc) is 3.14. The minimum atomic E-state index is -0.742. The summed E-state index contributed by atoms with van der Waals surface area (Å²) >= 11 is 1.62. The first-order chi connectivity index (χ1) is 11.0. The number of rotatable bonds is 6. The fraction of sp³-hybridized carbons (Fsp3) is 0.667. The van der Waals surface area contributed by atoms with Gasteiger partial charge in [0, 0.05) is 44.5 Å². The zero-order valence-electron chi connectivity index (χ0n) is 13.8. The predicted molar refractivity (Wildman–Crippen MR) is 87.9 cm³/mol. The Labute approximate surface area is 139 Å². The van der Waals surface area contributed by atoms with Crippen molar-refractivity contribution in [1.29, 1.82) is 0 Å². The molecule has 3 heterocycles. The van der Waals surface area contributed by atoms with Gasteiger partial charge in [-0.05, 0) is 20.4 Å². The van der Waals surface area contributed by atoms with E-state index in [9.17, 15) is 4.39 Å². The van der Waals surface area contributed by atoms with Gasteiger partial charge in [-0.1, -0.05) is 0 Å². The number of likely N-dealkylation sites (tertiary alicyclic amines) is 1. The lowest BCUT2D eigenvalue weighted by Gasteiger charge is -2.27. The van der Waals surface area contributed by atoms with Gasteiger partial charge in [-0.2, -0.15) is 5.10 Å². The van der Waals surface area contributed by atoms with E-state index in [1.54, 1.807) is 16.0 Å². The van der Waals surface area contributed by atoms with Crippen LogP contribution in [0.25, 0.3) is 0 Å². The number of aromatic nitrogens is 4. The summed E-state index contributed by atoms with van der Waals surface area (Å²) in [6, 6.07) is 0.226. The van der Waals surface area contributed by atoms with Crippen LogP contribution in [0.5, 0.6) is 0 Å². The SMILES string of the molecule is Cc1nnc(CN(C)C[C@@H]2C[C@H](F)CN2Cc2cnn(C)c2)s1. The third kappa shape index (κ3) is 4.33. The van der Waals surface area contributed by atoms with Gasteiger partial charge in [-0.25, -0.2) is 4.39 Å². The summed E-state index contributed by atoms with van der Waals surface area (Å²) in [7, 11) is 3.96. The Hall–Kier alpha value is -1.38. The summed E-state index contributed by atoms with van der Waals surface area (Å²) in [6.45, 7) is 4.82. The Balaban J connectivity index is 1.58. The van der Waals surface area contributed by atoms with E-state index in [2.05, 4.69) is 32.1 Å². The lowest BCUT2D eigenvalue weighted by molar-refractivity contribution is 0.180. The molecule has 2 aromatic rings. The van der Waals surface area contributed by atoms with Crippen molar-refractivity contribution in [2.45, 2.75) is 38.6 Å². The van der Waals surface area contributed by atoms with Gasteiger partial charge in [0.25, 0.3) is 0 Å². The van der Waals surface area contributed by atoms with Gasteiger partial charge in [0.05, 0.1) is 12.7 Å². The minimum Gasteiger partial charge on any atom is -0.298 e. The molecular weight excluding hydrogens is 315 g/mol. The van der Waals surface area contributed by atoms with Crippen molar-refractivity contribution in [2.24, 2.45) is 7.05 Å². The van der Waals surface area contributed by atoms with Crippen molar-refractivity contribution < 1.29 is 4.39 Å². The fourth-order valence-corrected chi connectivity index (χ4v) is 3.94. The van der Waals surface area contributed by atoms with Crippen LogP contribution in [0.3, 0.4) is 0 Å². The molecule has 0 aliphatic carbocycles. The van der Waals surface area contributed by atoms with Gasteiger partial charge in [0.15, 0.2) is 0 Å². The summed E-state index contributed by atoms with van der Waals surface area (Å²) in [5.41, 5.74) is 1.13. The van der Waals surface area contributed by atoms with Crippen molar-refractivity contribution in [1.82, 2.24) is 29.8 Å². The third-order valence-electron chi connectivity index (χ3n) is 4.12. The topological polar surface area (TPSA) is 50.1 Å². The molecule has 8 heteroatoms. The van der Waals surface area contributed by atoms with Gasteiger partial charge in [0.2, 0.25) is 0 Å². The first-order valence-electron chi connectivity index (χ1n) is 7.83. The number of alkyl halides is 1. The average molecular weight is 338 g/mol. The maximum Gasteiger partial charge on any atom is 0.131 e. The maximum absolute atomic E-state index is 13.9. The standard InChI is InChI=1S/C15H23FN6S/c1-11-18-19-15(23-11)10-20(2)9-14-4-13(16)8-22(14)7-12-5-17-21(3)6-12/h5-6,13-14H,4,7-10H2,1-3H3/t13-,14-/m0/s1. The van der Waals surface area contributed by atoms with Crippen molar-refractivity contribution >= 4 is 11.3 Å². The van der Waals surface area contributed by atoms with E-state index in [4.69, 9.17) is 0 Å². The van der Waals surface area contributed by atoms with E-state index in [1.807, 2.05) is 26.4 Å². The molecule has 0 amide bonds. The molecule has 0 radical (unpaired) electrons. The smallest absolute Gasteiger partial charge is 0.131 e. The molecule has 23 heavy (non-hydrogen) atoms. The molecule has 0 bridgehead atoms. The minimum absolute atomic E-state index is 0.226. The fourth-order valence-electron chi connectivity index (χ4n) is 3.15. The molecule has 0 saturated carbocycles. The molecule has 2 atom stereocenters. The van der Waals surface area contributed by atoms with Crippen LogP contribution in [0.1, 0.15) is 22.0 Å².